The zero-order valence-electron chi connectivity index (χ0n) is 21.9. The van der Waals surface area contributed by atoms with Gasteiger partial charge in [0, 0.05) is 13.1 Å². The van der Waals surface area contributed by atoms with E-state index in [1.807, 2.05) is 0 Å². The lowest BCUT2D eigenvalue weighted by Gasteiger charge is -2.58. The van der Waals surface area contributed by atoms with Gasteiger partial charge >= 0.3 is 0 Å². The van der Waals surface area contributed by atoms with Crippen LogP contribution in [0.4, 0.5) is 0 Å². The highest BCUT2D eigenvalue weighted by atomic mass is 16.3. The lowest BCUT2D eigenvalue weighted by molar-refractivity contribution is -0.0573. The van der Waals surface area contributed by atoms with Crippen molar-refractivity contribution in [3.8, 4) is 0 Å². The van der Waals surface area contributed by atoms with Crippen molar-refractivity contribution in [3.05, 3.63) is 11.6 Å². The van der Waals surface area contributed by atoms with Gasteiger partial charge in [0.2, 0.25) is 0 Å². The summed E-state index contributed by atoms with van der Waals surface area (Å²) < 4.78 is 0. The van der Waals surface area contributed by atoms with Crippen LogP contribution in [-0.4, -0.2) is 24.3 Å². The first-order valence-electron chi connectivity index (χ1n) is 13.9. The highest BCUT2D eigenvalue weighted by Gasteiger charge is 2.59. The topological polar surface area (TPSA) is 72.3 Å². The molecule has 3 nitrogen and oxygen atoms in total. The minimum Gasteiger partial charge on any atom is -0.393 e. The van der Waals surface area contributed by atoms with Crippen LogP contribution in [0.2, 0.25) is 0 Å². The fourth-order valence-corrected chi connectivity index (χ4v) is 8.67. The van der Waals surface area contributed by atoms with Gasteiger partial charge in [0.25, 0.3) is 0 Å². The van der Waals surface area contributed by atoms with E-state index in [0.717, 1.165) is 48.3 Å². The Morgan fingerprint density at radius 1 is 0.969 bits per heavy atom. The number of aliphatic hydroxyl groups is 1. The molecular weight excluding hydrogens is 392 g/mol. The molecule has 32 heavy (non-hydrogen) atoms. The van der Waals surface area contributed by atoms with Gasteiger partial charge < -0.3 is 16.6 Å². The highest BCUT2D eigenvalue weighted by Crippen LogP contribution is 2.67. The number of nitrogens with two attached hydrogens (primary N) is 2. The van der Waals surface area contributed by atoms with Gasteiger partial charge in [0.1, 0.15) is 0 Å². The van der Waals surface area contributed by atoms with Crippen molar-refractivity contribution in [2.45, 2.75) is 111 Å². The van der Waals surface area contributed by atoms with Crippen molar-refractivity contribution in [1.29, 1.82) is 0 Å². The summed E-state index contributed by atoms with van der Waals surface area (Å²) in [5.74, 6) is 5.46. The molecule has 0 amide bonds. The number of aliphatic hydroxyl groups excluding tert-OH is 1. The van der Waals surface area contributed by atoms with Gasteiger partial charge in [0.15, 0.2) is 0 Å². The maximum atomic E-state index is 10.2. The largest absolute Gasteiger partial charge is 0.393 e. The molecule has 0 aromatic rings. The summed E-state index contributed by atoms with van der Waals surface area (Å²) in [5.41, 5.74) is 12.4. The Labute approximate surface area is 199 Å². The Hall–Kier alpha value is -0.380. The van der Waals surface area contributed by atoms with Crippen LogP contribution in [0.5, 0.6) is 0 Å². The van der Waals surface area contributed by atoms with E-state index in [0.29, 0.717) is 23.9 Å². The summed E-state index contributed by atoms with van der Waals surface area (Å²) >= 11 is 0. The number of hydrogen-bond acceptors (Lipinski definition) is 3. The van der Waals surface area contributed by atoms with Crippen molar-refractivity contribution in [2.75, 3.05) is 13.1 Å². The van der Waals surface area contributed by atoms with E-state index in [9.17, 15) is 5.11 Å². The van der Waals surface area contributed by atoms with E-state index in [2.05, 4.69) is 40.7 Å². The molecule has 0 aliphatic heterocycles. The molecule has 0 bridgehead atoms. The van der Waals surface area contributed by atoms with Crippen molar-refractivity contribution >= 4 is 0 Å². The average Bonchev–Trinajstić information content (AvgIpc) is 3.11. The van der Waals surface area contributed by atoms with Gasteiger partial charge in [-0.3, -0.25) is 0 Å². The van der Waals surface area contributed by atoms with Crippen LogP contribution in [0.1, 0.15) is 105 Å². The predicted octanol–water partition coefficient (Wildman–Crippen LogP) is 6.29. The molecule has 0 aromatic heterocycles. The molecule has 3 heteroatoms. The predicted molar refractivity (Wildman–Crippen MR) is 137 cm³/mol. The molecule has 0 aromatic carbocycles. The molecule has 4 aliphatic carbocycles. The third-order valence-electron chi connectivity index (χ3n) is 10.4. The maximum Gasteiger partial charge on any atom is 0.0577 e. The van der Waals surface area contributed by atoms with E-state index in [1.165, 1.54) is 57.8 Å². The maximum absolute atomic E-state index is 10.2. The molecule has 0 radical (unpaired) electrons. The molecule has 0 spiro atoms. The molecular formula is C29H54N2O. The molecule has 8 atom stereocenters. The third kappa shape index (κ3) is 5.15. The number of rotatable bonds is 6. The Balaban J connectivity index is 0.000000668. The van der Waals surface area contributed by atoms with Crippen LogP contribution < -0.4 is 11.5 Å². The highest BCUT2D eigenvalue weighted by molar-refractivity contribution is 5.25. The fraction of sp³-hybridized carbons (Fsp3) is 0.931. The number of hydrogen-bond donors (Lipinski definition) is 3. The molecule has 5 N–H and O–H groups in total. The van der Waals surface area contributed by atoms with Crippen molar-refractivity contribution in [1.82, 2.24) is 0 Å². The van der Waals surface area contributed by atoms with E-state index >= 15 is 0 Å². The fourth-order valence-electron chi connectivity index (χ4n) is 8.67. The summed E-state index contributed by atoms with van der Waals surface area (Å²) in [6.07, 6.45) is 17.2. The van der Waals surface area contributed by atoms with Gasteiger partial charge in [-0.05, 0) is 97.7 Å². The Kier molecular flexibility index (Phi) is 8.94. The van der Waals surface area contributed by atoms with Crippen molar-refractivity contribution in [2.24, 2.45) is 57.8 Å². The van der Waals surface area contributed by atoms with E-state index in [-0.39, 0.29) is 6.10 Å². The van der Waals surface area contributed by atoms with E-state index in [1.54, 1.807) is 5.57 Å². The number of fused-ring (bicyclic) bond motifs is 5. The van der Waals surface area contributed by atoms with Crippen LogP contribution in [0.25, 0.3) is 0 Å². The lowest BCUT2D eigenvalue weighted by Crippen LogP contribution is -2.50. The molecule has 4 rings (SSSR count). The molecule has 3 saturated carbocycles. The first-order chi connectivity index (χ1) is 15.2. The molecule has 4 aliphatic rings. The number of allylic oxidation sites excluding steroid dienone is 1. The SMILES string of the molecule is CC(C)CCC[C@@H](C)[C@H]1CC[C@H]2[C@@H]3CC=C4C[C@@H](O)CC[C@]4(C)[C@H]3CC[C@]12C.NCCN. The van der Waals surface area contributed by atoms with Crippen LogP contribution in [0, 0.1) is 46.3 Å². The van der Waals surface area contributed by atoms with Crippen molar-refractivity contribution in [3.63, 3.8) is 0 Å². The monoisotopic (exact) mass is 446 g/mol. The lowest BCUT2D eigenvalue weighted by atomic mass is 9.47. The van der Waals surface area contributed by atoms with Gasteiger partial charge in [-0.25, -0.2) is 0 Å². The average molecular weight is 447 g/mol. The van der Waals surface area contributed by atoms with Crippen molar-refractivity contribution < 1.29 is 5.11 Å². The third-order valence-corrected chi connectivity index (χ3v) is 10.4. The first kappa shape index (κ1) is 26.2. The molecule has 186 valence electrons. The first-order valence-corrected chi connectivity index (χ1v) is 13.9. The van der Waals surface area contributed by atoms with Gasteiger partial charge in [-0.1, -0.05) is 65.5 Å². The summed E-state index contributed by atoms with van der Waals surface area (Å²) in [6, 6.07) is 0. The second kappa shape index (κ2) is 10.9. The standard InChI is InChI=1S/C27H46O.C2H8N2/c1-18(2)7-6-8-19(3)23-11-12-24-22-10-9-20-17-21(28)13-15-26(20,4)25(22)14-16-27(23,24)5;3-1-2-4/h9,18-19,21-25,28H,6-8,10-17H2,1-5H3;1-4H2/t19-,21+,22+,23-,24+,25+,26+,27-;/m1./s1. The molecule has 0 saturated heterocycles. The van der Waals surface area contributed by atoms with Crippen LogP contribution >= 0.6 is 0 Å². The van der Waals surface area contributed by atoms with Crippen LogP contribution in [0.15, 0.2) is 11.6 Å². The zero-order chi connectivity index (χ0) is 23.5. The minimum absolute atomic E-state index is 0.0766. The normalized spacial score (nSPS) is 41.7. The second-order valence-corrected chi connectivity index (χ2v) is 12.8. The summed E-state index contributed by atoms with van der Waals surface area (Å²) in [7, 11) is 0. The van der Waals surface area contributed by atoms with E-state index < -0.39 is 0 Å². The summed E-state index contributed by atoms with van der Waals surface area (Å²) in [6.45, 7) is 13.8. The Morgan fingerprint density at radius 3 is 2.34 bits per heavy atom. The summed E-state index contributed by atoms with van der Waals surface area (Å²) in [5, 5.41) is 10.2. The molecule has 0 heterocycles. The van der Waals surface area contributed by atoms with Gasteiger partial charge in [-0.2, -0.15) is 0 Å². The Bertz CT molecular complexity index is 629. The summed E-state index contributed by atoms with van der Waals surface area (Å²) in [4.78, 5) is 0. The molecule has 0 unspecified atom stereocenters. The smallest absolute Gasteiger partial charge is 0.0577 e. The van der Waals surface area contributed by atoms with Crippen LogP contribution in [-0.2, 0) is 0 Å². The molecule has 3 fully saturated rings. The minimum atomic E-state index is -0.0766. The quantitative estimate of drug-likeness (QED) is 0.420. The van der Waals surface area contributed by atoms with Crippen LogP contribution in [0.3, 0.4) is 0 Å². The van der Waals surface area contributed by atoms with E-state index in [4.69, 9.17) is 11.5 Å². The van der Waals surface area contributed by atoms with Gasteiger partial charge in [-0.15, -0.1) is 0 Å². The zero-order valence-corrected chi connectivity index (χ0v) is 21.9. The van der Waals surface area contributed by atoms with Gasteiger partial charge in [0.05, 0.1) is 6.10 Å². The second-order valence-electron chi connectivity index (χ2n) is 12.8. The Morgan fingerprint density at radius 2 is 1.69 bits per heavy atom.